The predicted molar refractivity (Wildman–Crippen MR) is 74.0 cm³/mol. The molecule has 0 fully saturated rings. The summed E-state index contributed by atoms with van der Waals surface area (Å²) in [7, 11) is 0. The summed E-state index contributed by atoms with van der Waals surface area (Å²) >= 11 is 1.86. The van der Waals surface area contributed by atoms with Crippen molar-refractivity contribution >= 4 is 11.3 Å². The van der Waals surface area contributed by atoms with Gasteiger partial charge in [-0.05, 0) is 29.2 Å². The minimum atomic E-state index is 0.393. The van der Waals surface area contributed by atoms with Crippen molar-refractivity contribution in [2.24, 2.45) is 11.3 Å². The minimum absolute atomic E-state index is 0.393. The molecule has 1 aromatic heterocycles. The highest BCUT2D eigenvalue weighted by molar-refractivity contribution is 7.10. The lowest BCUT2D eigenvalue weighted by Crippen LogP contribution is -2.33. The molecular weight excluding hydrogens is 214 g/mol. The fourth-order valence-electron chi connectivity index (χ4n) is 1.64. The van der Waals surface area contributed by atoms with Crippen LogP contribution >= 0.6 is 11.3 Å². The van der Waals surface area contributed by atoms with Crippen molar-refractivity contribution in [3.8, 4) is 0 Å². The lowest BCUT2D eigenvalue weighted by atomic mass is 9.89. The Balaban J connectivity index is 2.60. The van der Waals surface area contributed by atoms with Crippen molar-refractivity contribution in [3.63, 3.8) is 0 Å². The van der Waals surface area contributed by atoms with Gasteiger partial charge in [-0.15, -0.1) is 11.3 Å². The van der Waals surface area contributed by atoms with E-state index in [2.05, 4.69) is 57.4 Å². The maximum absolute atomic E-state index is 3.72. The zero-order valence-corrected chi connectivity index (χ0v) is 12.0. The summed E-state index contributed by atoms with van der Waals surface area (Å²) < 4.78 is 0. The average Bonchev–Trinajstić information content (AvgIpc) is 2.71. The largest absolute Gasteiger partial charge is 0.308 e. The highest BCUT2D eigenvalue weighted by Gasteiger charge is 2.21. The van der Waals surface area contributed by atoms with Crippen LogP contribution in [0.15, 0.2) is 17.5 Å². The first-order valence-electron chi connectivity index (χ1n) is 6.23. The minimum Gasteiger partial charge on any atom is -0.308 e. The molecule has 2 heteroatoms. The Bertz CT molecular complexity index is 288. The quantitative estimate of drug-likeness (QED) is 0.772. The third-order valence-corrected chi connectivity index (χ3v) is 4.23. The summed E-state index contributed by atoms with van der Waals surface area (Å²) in [4.78, 5) is 1.46. The highest BCUT2D eigenvalue weighted by atomic mass is 32.1. The molecule has 16 heavy (non-hydrogen) atoms. The Morgan fingerprint density at radius 2 is 2.06 bits per heavy atom. The average molecular weight is 239 g/mol. The molecule has 1 rings (SSSR count). The van der Waals surface area contributed by atoms with Crippen LogP contribution in [0.5, 0.6) is 0 Å². The second kappa shape index (κ2) is 5.83. The van der Waals surface area contributed by atoms with E-state index in [1.54, 1.807) is 0 Å². The molecule has 1 N–H and O–H groups in total. The van der Waals surface area contributed by atoms with Gasteiger partial charge in [0.05, 0.1) is 0 Å². The fraction of sp³-hybridized carbons (Fsp3) is 0.714. The van der Waals surface area contributed by atoms with Crippen molar-refractivity contribution in [2.45, 2.75) is 47.1 Å². The molecule has 0 aromatic carbocycles. The van der Waals surface area contributed by atoms with Crippen LogP contribution < -0.4 is 5.32 Å². The lowest BCUT2D eigenvalue weighted by Gasteiger charge is -2.28. The van der Waals surface area contributed by atoms with Gasteiger partial charge >= 0.3 is 0 Å². The Labute approximate surface area is 104 Å². The molecule has 92 valence electrons. The van der Waals surface area contributed by atoms with Crippen molar-refractivity contribution in [1.29, 1.82) is 0 Å². The Kier molecular flexibility index (Phi) is 5.00. The third kappa shape index (κ3) is 3.91. The van der Waals surface area contributed by atoms with Gasteiger partial charge in [0.2, 0.25) is 0 Å². The van der Waals surface area contributed by atoms with Crippen molar-refractivity contribution in [2.75, 3.05) is 6.54 Å². The molecule has 1 nitrogen and oxygen atoms in total. The normalized spacial score (nSPS) is 14.4. The maximum atomic E-state index is 3.72. The van der Waals surface area contributed by atoms with E-state index < -0.39 is 0 Å². The Morgan fingerprint density at radius 1 is 1.38 bits per heavy atom. The van der Waals surface area contributed by atoms with Crippen molar-refractivity contribution in [1.82, 2.24) is 5.32 Å². The van der Waals surface area contributed by atoms with Crippen LogP contribution in [-0.2, 0) is 0 Å². The van der Waals surface area contributed by atoms with Gasteiger partial charge in [0.25, 0.3) is 0 Å². The first-order valence-corrected chi connectivity index (χ1v) is 7.11. The van der Waals surface area contributed by atoms with E-state index in [1.807, 2.05) is 11.3 Å². The first kappa shape index (κ1) is 13.7. The molecule has 1 aromatic rings. The SMILES string of the molecule is CCC(C)(C)CNC(c1cccs1)C(C)C. The molecule has 0 saturated heterocycles. The zero-order valence-electron chi connectivity index (χ0n) is 11.2. The van der Waals surface area contributed by atoms with E-state index in [1.165, 1.54) is 11.3 Å². The van der Waals surface area contributed by atoms with Crippen LogP contribution in [0.4, 0.5) is 0 Å². The van der Waals surface area contributed by atoms with Gasteiger partial charge in [0, 0.05) is 17.5 Å². The van der Waals surface area contributed by atoms with E-state index >= 15 is 0 Å². The first-order chi connectivity index (χ1) is 7.46. The van der Waals surface area contributed by atoms with E-state index in [-0.39, 0.29) is 0 Å². The van der Waals surface area contributed by atoms with Crippen LogP contribution in [0, 0.1) is 11.3 Å². The number of hydrogen-bond donors (Lipinski definition) is 1. The summed E-state index contributed by atoms with van der Waals surface area (Å²) in [5.74, 6) is 0.645. The van der Waals surface area contributed by atoms with Gasteiger partial charge in [-0.25, -0.2) is 0 Å². The van der Waals surface area contributed by atoms with Gasteiger partial charge in [-0.3, -0.25) is 0 Å². The van der Waals surface area contributed by atoms with Gasteiger partial charge in [0.15, 0.2) is 0 Å². The topological polar surface area (TPSA) is 12.0 Å². The number of nitrogens with one attached hydrogen (secondary N) is 1. The summed E-state index contributed by atoms with van der Waals surface area (Å²) in [5, 5.41) is 5.89. The van der Waals surface area contributed by atoms with Crippen LogP contribution in [0.3, 0.4) is 0 Å². The molecule has 0 bridgehead atoms. The standard InChI is InChI=1S/C14H25NS/c1-6-14(4,5)10-15-13(11(2)3)12-8-7-9-16-12/h7-9,11,13,15H,6,10H2,1-5H3. The van der Waals surface area contributed by atoms with Crippen LogP contribution in [0.2, 0.25) is 0 Å². The van der Waals surface area contributed by atoms with Gasteiger partial charge in [-0.1, -0.05) is 40.7 Å². The Hall–Kier alpha value is -0.340. The van der Waals surface area contributed by atoms with Crippen molar-refractivity contribution in [3.05, 3.63) is 22.4 Å². The van der Waals surface area contributed by atoms with Crippen LogP contribution in [0.25, 0.3) is 0 Å². The summed E-state index contributed by atoms with van der Waals surface area (Å²) in [5.41, 5.74) is 0.393. The molecule has 0 saturated carbocycles. The molecule has 0 spiro atoms. The van der Waals surface area contributed by atoms with Crippen LogP contribution in [0.1, 0.15) is 52.0 Å². The molecular formula is C14H25NS. The highest BCUT2D eigenvalue weighted by Crippen LogP contribution is 2.27. The van der Waals surface area contributed by atoms with E-state index in [4.69, 9.17) is 0 Å². The van der Waals surface area contributed by atoms with E-state index in [0.717, 1.165) is 6.54 Å². The third-order valence-electron chi connectivity index (χ3n) is 3.27. The molecule has 0 amide bonds. The maximum Gasteiger partial charge on any atom is 0.0438 e. The van der Waals surface area contributed by atoms with Crippen molar-refractivity contribution < 1.29 is 0 Å². The van der Waals surface area contributed by atoms with Gasteiger partial charge in [-0.2, -0.15) is 0 Å². The second-order valence-corrected chi connectivity index (χ2v) is 6.62. The predicted octanol–water partition coefficient (Wildman–Crippen LogP) is 4.47. The van der Waals surface area contributed by atoms with Gasteiger partial charge in [0.1, 0.15) is 0 Å². The van der Waals surface area contributed by atoms with E-state index in [9.17, 15) is 0 Å². The Morgan fingerprint density at radius 3 is 2.50 bits per heavy atom. The smallest absolute Gasteiger partial charge is 0.0438 e. The van der Waals surface area contributed by atoms with E-state index in [0.29, 0.717) is 17.4 Å². The molecule has 0 aliphatic carbocycles. The molecule has 0 aliphatic heterocycles. The van der Waals surface area contributed by atoms with Crippen LogP contribution in [-0.4, -0.2) is 6.54 Å². The number of rotatable bonds is 6. The molecule has 1 atom stereocenters. The number of thiophene rings is 1. The second-order valence-electron chi connectivity index (χ2n) is 5.64. The summed E-state index contributed by atoms with van der Waals surface area (Å²) in [6, 6.07) is 4.88. The zero-order chi connectivity index (χ0) is 12.2. The number of hydrogen-bond acceptors (Lipinski definition) is 2. The molecule has 0 radical (unpaired) electrons. The summed E-state index contributed by atoms with van der Waals surface area (Å²) in [6.45, 7) is 12.6. The molecule has 0 aliphatic rings. The van der Waals surface area contributed by atoms with Gasteiger partial charge < -0.3 is 5.32 Å². The fourth-order valence-corrected chi connectivity index (χ4v) is 2.62. The monoisotopic (exact) mass is 239 g/mol. The lowest BCUT2D eigenvalue weighted by molar-refractivity contribution is 0.288. The summed E-state index contributed by atoms with van der Waals surface area (Å²) in [6.07, 6.45) is 1.22. The molecule has 1 unspecified atom stereocenters. The molecule has 1 heterocycles.